The van der Waals surface area contributed by atoms with E-state index in [0.717, 1.165) is 18.2 Å². The van der Waals surface area contributed by atoms with Crippen molar-refractivity contribution in [3.8, 4) is 0 Å². The second-order valence-corrected chi connectivity index (χ2v) is 6.14. The number of carboxylic acid groups (broad SMARTS) is 3. The van der Waals surface area contributed by atoms with Gasteiger partial charge in [0, 0.05) is 22.9 Å². The standard InChI is InChI=1S/C13H9N.C9H6O6.H2O/c1-3-7-12-10(5-1)9-11-6-2-4-8-13(11)14-12;10-7(11)4-1-5(8(12)13)3-6(2-4)9(14)15;/h1-9H;1-3H,(H,10,11)(H,12,13)(H,14,15);1H2. The third kappa shape index (κ3) is 4.94. The maximum Gasteiger partial charge on any atom is 0.335 e. The first-order chi connectivity index (χ1) is 13.8. The number of hydrogen-bond acceptors (Lipinski definition) is 4. The molecule has 0 aliphatic heterocycles. The number of carbonyl (C=O) groups excluding carboxylic acids is 1. The summed E-state index contributed by atoms with van der Waals surface area (Å²) in [4.78, 5) is 35.0. The minimum absolute atomic E-state index is 0. The summed E-state index contributed by atoms with van der Waals surface area (Å²) in [7, 11) is 0. The Kier molecular flexibility index (Phi) is 6.79. The van der Waals surface area contributed by atoms with Crippen molar-refractivity contribution in [1.29, 1.82) is 0 Å². The zero-order valence-electron chi connectivity index (χ0n) is 15.5. The van der Waals surface area contributed by atoms with E-state index >= 15 is 0 Å². The maximum atomic E-state index is 10.5. The molecule has 0 fully saturated rings. The molecule has 8 nitrogen and oxygen atoms in total. The molecule has 3 aromatic carbocycles. The van der Waals surface area contributed by atoms with Gasteiger partial charge >= 0.3 is 11.9 Å². The first-order valence-corrected chi connectivity index (χ1v) is 8.48. The number of carboxylic acids is 3. The van der Waals surface area contributed by atoms with Crippen molar-refractivity contribution in [2.45, 2.75) is 0 Å². The number of fused-ring (bicyclic) bond motifs is 2. The number of para-hydroxylation sites is 2. The molecule has 0 saturated carbocycles. The second kappa shape index (κ2) is 9.26. The lowest BCUT2D eigenvalue weighted by molar-refractivity contribution is -0.310. The summed E-state index contributed by atoms with van der Waals surface area (Å²) in [5.41, 5.74) is 1.08. The Balaban J connectivity index is 0.000000207. The van der Waals surface area contributed by atoms with E-state index in [4.69, 9.17) is 10.2 Å². The van der Waals surface area contributed by atoms with E-state index in [-0.39, 0.29) is 5.48 Å². The van der Waals surface area contributed by atoms with E-state index < -0.39 is 34.6 Å². The molecule has 4 rings (SSSR count). The Hall–Kier alpha value is -4.30. The fourth-order valence-electron chi connectivity index (χ4n) is 2.78. The number of hydrogen-bond donors (Lipinski definition) is 2. The number of pyridine rings is 1. The number of carbonyl (C=O) groups is 3. The number of aromatic carboxylic acids is 3. The van der Waals surface area contributed by atoms with Gasteiger partial charge in [0.05, 0.1) is 17.1 Å². The summed E-state index contributed by atoms with van der Waals surface area (Å²) in [6.07, 6.45) is 0. The molecule has 0 saturated heterocycles. The molecule has 8 heteroatoms. The van der Waals surface area contributed by atoms with Crippen molar-refractivity contribution < 1.29 is 40.2 Å². The minimum atomic E-state index is -1.62. The third-order valence-corrected chi connectivity index (χ3v) is 4.16. The van der Waals surface area contributed by atoms with Crippen LogP contribution in [0.2, 0.25) is 0 Å². The van der Waals surface area contributed by atoms with Gasteiger partial charge in [0.25, 0.3) is 0 Å². The third-order valence-electron chi connectivity index (χ3n) is 4.16. The molecule has 0 amide bonds. The van der Waals surface area contributed by atoms with Gasteiger partial charge in [-0.3, -0.25) is 0 Å². The van der Waals surface area contributed by atoms with Crippen molar-refractivity contribution in [2.75, 3.05) is 0 Å². The van der Waals surface area contributed by atoms with Gasteiger partial charge in [0.1, 0.15) is 0 Å². The van der Waals surface area contributed by atoms with Crippen LogP contribution in [0, 0.1) is 0 Å². The van der Waals surface area contributed by atoms with Gasteiger partial charge < -0.3 is 25.6 Å². The number of aromatic nitrogens is 1. The Labute approximate surface area is 170 Å². The zero-order valence-corrected chi connectivity index (χ0v) is 15.5. The highest BCUT2D eigenvalue weighted by atomic mass is 16.4. The first kappa shape index (κ1) is 22.0. The van der Waals surface area contributed by atoms with E-state index in [2.05, 4.69) is 47.4 Å². The van der Waals surface area contributed by atoms with Crippen LogP contribution < -0.4 is 10.1 Å². The molecule has 0 aliphatic carbocycles. The summed E-state index contributed by atoms with van der Waals surface area (Å²) in [6, 6.07) is 21.4. The van der Waals surface area contributed by atoms with Crippen molar-refractivity contribution >= 4 is 39.7 Å². The molecule has 4 aromatic rings. The first-order valence-electron chi connectivity index (χ1n) is 8.48. The van der Waals surface area contributed by atoms with Crippen LogP contribution in [-0.2, 0) is 0 Å². The summed E-state index contributed by atoms with van der Waals surface area (Å²) in [5.74, 6) is -4.43. The summed E-state index contributed by atoms with van der Waals surface area (Å²) in [5, 5.41) is 30.1. The van der Waals surface area contributed by atoms with E-state index in [9.17, 15) is 19.5 Å². The predicted octanol–water partition coefficient (Wildman–Crippen LogP) is 1.43. The van der Waals surface area contributed by atoms with Crippen molar-refractivity contribution in [3.05, 3.63) is 89.5 Å². The highest BCUT2D eigenvalue weighted by molar-refractivity contribution is 5.98. The van der Waals surface area contributed by atoms with Crippen LogP contribution in [0.3, 0.4) is 0 Å². The molecule has 0 atom stereocenters. The molecule has 30 heavy (non-hydrogen) atoms. The summed E-state index contributed by atoms with van der Waals surface area (Å²) in [6.45, 7) is 0. The molecule has 1 heterocycles. The van der Waals surface area contributed by atoms with E-state index in [1.54, 1.807) is 0 Å². The highest BCUT2D eigenvalue weighted by Crippen LogP contribution is 2.15. The van der Waals surface area contributed by atoms with Crippen LogP contribution in [0.1, 0.15) is 31.1 Å². The highest BCUT2D eigenvalue weighted by Gasteiger charge is 2.11. The molecule has 5 N–H and O–H groups in total. The fourth-order valence-corrected chi connectivity index (χ4v) is 2.78. The van der Waals surface area contributed by atoms with Gasteiger partial charge in [0.2, 0.25) is 11.0 Å². The van der Waals surface area contributed by atoms with Crippen molar-refractivity contribution in [3.63, 3.8) is 0 Å². The molecule has 152 valence electrons. The Bertz CT molecular complexity index is 1070. The SMILES string of the molecule is O.O=C([O-])c1cc(C(=O)O)cc(C(=O)O)c1.c1ccc2[nH+]c3ccccc3cc2c1. The summed E-state index contributed by atoms with van der Waals surface area (Å²) >= 11 is 0. The Morgan fingerprint density at radius 3 is 1.47 bits per heavy atom. The van der Waals surface area contributed by atoms with Gasteiger partial charge in [-0.1, -0.05) is 24.3 Å². The Morgan fingerprint density at radius 2 is 1.07 bits per heavy atom. The average molecular weight is 407 g/mol. The number of aromatic amines is 1. The van der Waals surface area contributed by atoms with Crippen molar-refractivity contribution in [1.82, 2.24) is 0 Å². The normalized spacial score (nSPS) is 9.87. The van der Waals surface area contributed by atoms with Crippen LogP contribution in [0.5, 0.6) is 0 Å². The minimum Gasteiger partial charge on any atom is -0.545 e. The largest absolute Gasteiger partial charge is 0.545 e. The van der Waals surface area contributed by atoms with Gasteiger partial charge in [-0.25, -0.2) is 14.6 Å². The van der Waals surface area contributed by atoms with Gasteiger partial charge in [-0.05, 0) is 42.0 Å². The lowest BCUT2D eigenvalue weighted by atomic mass is 10.1. The quantitative estimate of drug-likeness (QED) is 0.488. The molecule has 0 radical (unpaired) electrons. The van der Waals surface area contributed by atoms with Gasteiger partial charge in [-0.2, -0.15) is 0 Å². The van der Waals surface area contributed by atoms with Crippen molar-refractivity contribution in [2.24, 2.45) is 0 Å². The maximum absolute atomic E-state index is 10.5. The molecule has 1 aromatic heterocycles. The smallest absolute Gasteiger partial charge is 0.335 e. The van der Waals surface area contributed by atoms with E-state index in [1.165, 1.54) is 21.8 Å². The van der Waals surface area contributed by atoms with Crippen LogP contribution in [0.15, 0.2) is 72.8 Å². The summed E-state index contributed by atoms with van der Waals surface area (Å²) < 4.78 is 0. The molecule has 0 spiro atoms. The van der Waals surface area contributed by atoms with Gasteiger partial charge in [-0.15, -0.1) is 0 Å². The molecule has 0 aliphatic rings. The lowest BCUT2D eigenvalue weighted by Crippen LogP contribution is -2.23. The lowest BCUT2D eigenvalue weighted by Gasteiger charge is -2.05. The van der Waals surface area contributed by atoms with Crippen LogP contribution in [0.25, 0.3) is 21.8 Å². The average Bonchev–Trinajstić information content (AvgIpc) is 2.72. The van der Waals surface area contributed by atoms with Crippen LogP contribution in [0.4, 0.5) is 0 Å². The molecule has 0 bridgehead atoms. The number of H-pyrrole nitrogens is 1. The predicted molar refractivity (Wildman–Crippen MR) is 106 cm³/mol. The molecular weight excluding hydrogens is 390 g/mol. The number of benzene rings is 3. The molecule has 0 unspecified atom stereocenters. The Morgan fingerprint density at radius 1 is 0.667 bits per heavy atom. The van der Waals surface area contributed by atoms with E-state index in [1.807, 2.05) is 12.1 Å². The second-order valence-electron chi connectivity index (χ2n) is 6.14. The number of nitrogens with one attached hydrogen (secondary N) is 1. The topological polar surface area (TPSA) is 160 Å². The van der Waals surface area contributed by atoms with E-state index in [0.29, 0.717) is 0 Å². The van der Waals surface area contributed by atoms with Crippen LogP contribution in [-0.4, -0.2) is 33.6 Å². The van der Waals surface area contributed by atoms with Gasteiger partial charge in [0.15, 0.2) is 0 Å². The zero-order chi connectivity index (χ0) is 21.0. The fraction of sp³-hybridized carbons (Fsp3) is 0. The molecular formula is C22H17NO7. The monoisotopic (exact) mass is 407 g/mol. The van der Waals surface area contributed by atoms with Crippen LogP contribution >= 0.6 is 0 Å². The number of rotatable bonds is 3.